The third-order valence-corrected chi connectivity index (χ3v) is 6.38. The van der Waals surface area contributed by atoms with E-state index in [0.29, 0.717) is 11.3 Å². The summed E-state index contributed by atoms with van der Waals surface area (Å²) >= 11 is 1.31. The van der Waals surface area contributed by atoms with Crippen LogP contribution in [-0.2, 0) is 10.0 Å². The van der Waals surface area contributed by atoms with Crippen molar-refractivity contribution in [1.82, 2.24) is 9.71 Å². The first kappa shape index (κ1) is 14.6. The van der Waals surface area contributed by atoms with Crippen molar-refractivity contribution in [2.45, 2.75) is 23.7 Å². The molecular formula is C14H16N2O3S2. The van der Waals surface area contributed by atoms with Gasteiger partial charge >= 0.3 is 0 Å². The zero-order chi connectivity index (χ0) is 14.9. The van der Waals surface area contributed by atoms with E-state index in [4.69, 9.17) is 0 Å². The quantitative estimate of drug-likeness (QED) is 0.847. The van der Waals surface area contributed by atoms with Gasteiger partial charge in [-0.2, -0.15) is 0 Å². The van der Waals surface area contributed by atoms with E-state index in [1.54, 1.807) is 11.7 Å². The maximum Gasteiger partial charge on any atom is 0.215 e. The predicted molar refractivity (Wildman–Crippen MR) is 81.6 cm³/mol. The highest BCUT2D eigenvalue weighted by atomic mass is 32.2. The van der Waals surface area contributed by atoms with Gasteiger partial charge in [0.15, 0.2) is 0 Å². The van der Waals surface area contributed by atoms with Crippen molar-refractivity contribution in [2.75, 3.05) is 6.54 Å². The second-order valence-electron chi connectivity index (χ2n) is 5.10. The standard InChI is InChI=1S/C14H16N2O3S2/c17-12(13-8-15-9-20-13)7-16-21(18,19)14-6-11(14)10-4-2-1-3-5-10/h1-5,8-9,11-12,14,16-17H,6-7H2/t11-,12?,14+/m0/s1. The molecule has 1 aliphatic carbocycles. The maximum absolute atomic E-state index is 12.2. The van der Waals surface area contributed by atoms with Crippen molar-refractivity contribution in [3.8, 4) is 0 Å². The molecule has 2 N–H and O–H groups in total. The lowest BCUT2D eigenvalue weighted by Crippen LogP contribution is -2.31. The van der Waals surface area contributed by atoms with Crippen LogP contribution in [-0.4, -0.2) is 30.3 Å². The molecule has 1 aliphatic rings. The normalized spacial score (nSPS) is 22.9. The van der Waals surface area contributed by atoms with Crippen LogP contribution in [0.2, 0.25) is 0 Å². The van der Waals surface area contributed by atoms with Crippen LogP contribution in [0.15, 0.2) is 42.0 Å². The third kappa shape index (κ3) is 3.32. The average molecular weight is 324 g/mol. The van der Waals surface area contributed by atoms with E-state index in [0.717, 1.165) is 5.56 Å². The number of benzene rings is 1. The molecular weight excluding hydrogens is 308 g/mol. The number of hydrogen-bond donors (Lipinski definition) is 2. The van der Waals surface area contributed by atoms with Crippen LogP contribution >= 0.6 is 11.3 Å². The lowest BCUT2D eigenvalue weighted by Gasteiger charge is -2.10. The Morgan fingerprint density at radius 1 is 1.38 bits per heavy atom. The molecule has 1 saturated carbocycles. The molecule has 3 rings (SSSR count). The van der Waals surface area contributed by atoms with Gasteiger partial charge in [0.05, 0.1) is 15.6 Å². The largest absolute Gasteiger partial charge is 0.386 e. The van der Waals surface area contributed by atoms with E-state index >= 15 is 0 Å². The number of aromatic nitrogens is 1. The number of thiazole rings is 1. The zero-order valence-corrected chi connectivity index (χ0v) is 12.8. The van der Waals surface area contributed by atoms with Crippen molar-refractivity contribution in [3.63, 3.8) is 0 Å². The molecule has 0 saturated heterocycles. The monoisotopic (exact) mass is 324 g/mol. The first-order valence-corrected chi connectivity index (χ1v) is 9.10. The summed E-state index contributed by atoms with van der Waals surface area (Å²) in [7, 11) is -3.40. The summed E-state index contributed by atoms with van der Waals surface area (Å²) in [4.78, 5) is 4.53. The fourth-order valence-electron chi connectivity index (χ4n) is 2.36. The first-order valence-electron chi connectivity index (χ1n) is 6.68. The van der Waals surface area contributed by atoms with E-state index in [1.165, 1.54) is 11.3 Å². The molecule has 0 radical (unpaired) electrons. The Morgan fingerprint density at radius 2 is 2.14 bits per heavy atom. The number of rotatable bonds is 6. The van der Waals surface area contributed by atoms with Crippen molar-refractivity contribution in [3.05, 3.63) is 52.5 Å². The van der Waals surface area contributed by atoms with Gasteiger partial charge in [-0.1, -0.05) is 30.3 Å². The molecule has 21 heavy (non-hydrogen) atoms. The van der Waals surface area contributed by atoms with Crippen LogP contribution in [0.4, 0.5) is 0 Å². The molecule has 1 heterocycles. The molecule has 1 unspecified atom stereocenters. The van der Waals surface area contributed by atoms with E-state index in [9.17, 15) is 13.5 Å². The second-order valence-corrected chi connectivity index (χ2v) is 8.01. The molecule has 0 amide bonds. The fraction of sp³-hybridized carbons (Fsp3) is 0.357. The van der Waals surface area contributed by atoms with Crippen LogP contribution in [0, 0.1) is 0 Å². The molecule has 7 heteroatoms. The number of aliphatic hydroxyl groups is 1. The van der Waals surface area contributed by atoms with Crippen LogP contribution in [0.5, 0.6) is 0 Å². The molecule has 2 aromatic rings. The van der Waals surface area contributed by atoms with E-state index in [-0.39, 0.29) is 12.5 Å². The Kier molecular flexibility index (Phi) is 4.08. The summed E-state index contributed by atoms with van der Waals surface area (Å²) in [6, 6.07) is 9.65. The smallest absolute Gasteiger partial charge is 0.215 e. The van der Waals surface area contributed by atoms with Gasteiger partial charge < -0.3 is 5.11 Å². The first-order chi connectivity index (χ1) is 10.1. The lowest BCUT2D eigenvalue weighted by atomic mass is 10.1. The summed E-state index contributed by atoms with van der Waals surface area (Å²) in [5.74, 6) is 0.0595. The second kappa shape index (κ2) is 5.84. The Balaban J connectivity index is 1.59. The Hall–Kier alpha value is -1.28. The molecule has 1 fully saturated rings. The lowest BCUT2D eigenvalue weighted by molar-refractivity contribution is 0.185. The van der Waals surface area contributed by atoms with Crippen LogP contribution in [0.25, 0.3) is 0 Å². The minimum atomic E-state index is -3.40. The van der Waals surface area contributed by atoms with Gasteiger partial charge in [0, 0.05) is 18.7 Å². The van der Waals surface area contributed by atoms with Crippen LogP contribution in [0.3, 0.4) is 0 Å². The number of nitrogens with zero attached hydrogens (tertiary/aromatic N) is 1. The highest BCUT2D eigenvalue weighted by Gasteiger charge is 2.47. The minimum absolute atomic E-state index is 0.0114. The number of nitrogens with one attached hydrogen (secondary N) is 1. The van der Waals surface area contributed by atoms with Crippen molar-refractivity contribution < 1.29 is 13.5 Å². The summed E-state index contributed by atoms with van der Waals surface area (Å²) in [6.45, 7) is -0.0114. The van der Waals surface area contributed by atoms with Crippen LogP contribution < -0.4 is 4.72 Å². The van der Waals surface area contributed by atoms with Gasteiger partial charge in [-0.15, -0.1) is 11.3 Å². The molecule has 0 spiro atoms. The van der Waals surface area contributed by atoms with Gasteiger partial charge in [0.2, 0.25) is 10.0 Å². The van der Waals surface area contributed by atoms with E-state index in [2.05, 4.69) is 9.71 Å². The molecule has 1 aromatic heterocycles. The third-order valence-electron chi connectivity index (χ3n) is 3.62. The van der Waals surface area contributed by atoms with Gasteiger partial charge in [0.25, 0.3) is 0 Å². The van der Waals surface area contributed by atoms with Gasteiger partial charge in [-0.25, -0.2) is 13.1 Å². The topological polar surface area (TPSA) is 79.3 Å². The highest BCUT2D eigenvalue weighted by Crippen LogP contribution is 2.45. The Labute approximate surface area is 127 Å². The summed E-state index contributed by atoms with van der Waals surface area (Å²) in [6.07, 6.45) is 1.34. The van der Waals surface area contributed by atoms with Gasteiger partial charge in [-0.05, 0) is 12.0 Å². The molecule has 0 bridgehead atoms. The van der Waals surface area contributed by atoms with Gasteiger partial charge in [-0.3, -0.25) is 4.98 Å². The summed E-state index contributed by atoms with van der Waals surface area (Å²) in [5, 5.41) is 9.51. The van der Waals surface area contributed by atoms with Crippen LogP contribution in [0.1, 0.15) is 28.9 Å². The summed E-state index contributed by atoms with van der Waals surface area (Å²) in [5.41, 5.74) is 2.66. The van der Waals surface area contributed by atoms with Crippen molar-refractivity contribution in [2.24, 2.45) is 0 Å². The average Bonchev–Trinajstić information content (AvgIpc) is 3.13. The molecule has 1 aromatic carbocycles. The molecule has 0 aliphatic heterocycles. The van der Waals surface area contributed by atoms with Gasteiger partial charge in [0.1, 0.15) is 6.10 Å². The SMILES string of the molecule is O=S(=O)(NCC(O)c1cncs1)[C@@H]1C[C@H]1c1ccccc1. The molecule has 3 atom stereocenters. The predicted octanol–water partition coefficient (Wildman–Crippen LogP) is 1.65. The minimum Gasteiger partial charge on any atom is -0.386 e. The van der Waals surface area contributed by atoms with Crippen molar-refractivity contribution in [1.29, 1.82) is 0 Å². The maximum atomic E-state index is 12.2. The zero-order valence-electron chi connectivity index (χ0n) is 11.2. The highest BCUT2D eigenvalue weighted by molar-refractivity contribution is 7.90. The number of sulfonamides is 1. The fourth-order valence-corrected chi connectivity index (χ4v) is 4.62. The molecule has 112 valence electrons. The number of aliphatic hydroxyl groups excluding tert-OH is 1. The van der Waals surface area contributed by atoms with E-state index < -0.39 is 21.4 Å². The molecule has 5 nitrogen and oxygen atoms in total. The Morgan fingerprint density at radius 3 is 2.81 bits per heavy atom. The van der Waals surface area contributed by atoms with Crippen molar-refractivity contribution >= 4 is 21.4 Å². The number of hydrogen-bond acceptors (Lipinski definition) is 5. The van der Waals surface area contributed by atoms with E-state index in [1.807, 2.05) is 30.3 Å². The Bertz CT molecular complexity index is 686. The summed E-state index contributed by atoms with van der Waals surface area (Å²) < 4.78 is 26.9.